The van der Waals surface area contributed by atoms with Crippen molar-refractivity contribution in [2.24, 2.45) is 5.92 Å². The van der Waals surface area contributed by atoms with Crippen LogP contribution in [0.25, 0.3) is 0 Å². The highest BCUT2D eigenvalue weighted by atomic mass is 16.5. The van der Waals surface area contributed by atoms with Crippen molar-refractivity contribution in [3.8, 4) is 0 Å². The van der Waals surface area contributed by atoms with E-state index >= 15 is 0 Å². The third-order valence-electron chi connectivity index (χ3n) is 2.48. The van der Waals surface area contributed by atoms with E-state index < -0.39 is 0 Å². The SMILES string of the molecule is CCOC(=O)C[C@H]1CC[C@H](C)CN1. The molecule has 2 atom stereocenters. The summed E-state index contributed by atoms with van der Waals surface area (Å²) >= 11 is 0. The smallest absolute Gasteiger partial charge is 0.307 e. The standard InChI is InChI=1S/C10H19NO2/c1-3-13-10(12)6-9-5-4-8(2)7-11-9/h8-9,11H,3-7H2,1-2H3/t8-,9+/m0/s1. The van der Waals surface area contributed by atoms with Crippen LogP contribution in [-0.4, -0.2) is 25.2 Å². The fourth-order valence-electron chi connectivity index (χ4n) is 1.65. The van der Waals surface area contributed by atoms with E-state index in [0.29, 0.717) is 19.1 Å². The van der Waals surface area contributed by atoms with E-state index in [-0.39, 0.29) is 5.97 Å². The van der Waals surface area contributed by atoms with Crippen molar-refractivity contribution in [3.63, 3.8) is 0 Å². The number of esters is 1. The average molecular weight is 185 g/mol. The first kappa shape index (κ1) is 10.5. The van der Waals surface area contributed by atoms with Gasteiger partial charge in [-0.25, -0.2) is 0 Å². The lowest BCUT2D eigenvalue weighted by molar-refractivity contribution is -0.143. The Morgan fingerprint density at radius 3 is 2.85 bits per heavy atom. The molecule has 13 heavy (non-hydrogen) atoms. The zero-order valence-corrected chi connectivity index (χ0v) is 8.51. The van der Waals surface area contributed by atoms with Crippen molar-refractivity contribution in [2.45, 2.75) is 39.2 Å². The summed E-state index contributed by atoms with van der Waals surface area (Å²) in [5, 5.41) is 3.36. The maximum atomic E-state index is 11.1. The van der Waals surface area contributed by atoms with E-state index in [0.717, 1.165) is 18.9 Å². The molecule has 0 unspecified atom stereocenters. The van der Waals surface area contributed by atoms with Gasteiger partial charge in [0.1, 0.15) is 0 Å². The number of rotatable bonds is 3. The molecule has 0 bridgehead atoms. The minimum Gasteiger partial charge on any atom is -0.466 e. The van der Waals surface area contributed by atoms with Crippen LogP contribution in [0.15, 0.2) is 0 Å². The summed E-state index contributed by atoms with van der Waals surface area (Å²) in [6, 6.07) is 0.343. The van der Waals surface area contributed by atoms with E-state index in [2.05, 4.69) is 12.2 Å². The molecule has 76 valence electrons. The summed E-state index contributed by atoms with van der Waals surface area (Å²) in [7, 11) is 0. The second kappa shape index (κ2) is 5.22. The second-order valence-corrected chi connectivity index (χ2v) is 3.80. The fraction of sp³-hybridized carbons (Fsp3) is 0.900. The van der Waals surface area contributed by atoms with Gasteiger partial charge in [-0.2, -0.15) is 0 Å². The second-order valence-electron chi connectivity index (χ2n) is 3.80. The molecular formula is C10H19NO2. The van der Waals surface area contributed by atoms with Crippen molar-refractivity contribution in [1.82, 2.24) is 5.32 Å². The van der Waals surface area contributed by atoms with Crippen LogP contribution in [0, 0.1) is 5.92 Å². The Balaban J connectivity index is 2.18. The number of nitrogens with one attached hydrogen (secondary N) is 1. The van der Waals surface area contributed by atoms with E-state index in [1.807, 2.05) is 6.92 Å². The Hall–Kier alpha value is -0.570. The molecule has 1 N–H and O–H groups in total. The predicted octanol–water partition coefficient (Wildman–Crippen LogP) is 1.33. The van der Waals surface area contributed by atoms with Crippen molar-refractivity contribution >= 4 is 5.97 Å². The van der Waals surface area contributed by atoms with Crippen molar-refractivity contribution < 1.29 is 9.53 Å². The monoisotopic (exact) mass is 185 g/mol. The van der Waals surface area contributed by atoms with Crippen LogP contribution >= 0.6 is 0 Å². The highest BCUT2D eigenvalue weighted by Gasteiger charge is 2.20. The lowest BCUT2D eigenvalue weighted by atomic mass is 9.95. The molecule has 1 aliphatic rings. The molecule has 1 heterocycles. The van der Waals surface area contributed by atoms with Gasteiger partial charge in [-0.05, 0) is 32.2 Å². The Morgan fingerprint density at radius 2 is 2.31 bits per heavy atom. The van der Waals surface area contributed by atoms with E-state index in [4.69, 9.17) is 4.74 Å². The van der Waals surface area contributed by atoms with Gasteiger partial charge >= 0.3 is 5.97 Å². The highest BCUT2D eigenvalue weighted by Crippen LogP contribution is 2.15. The molecule has 0 aliphatic carbocycles. The fourth-order valence-corrected chi connectivity index (χ4v) is 1.65. The summed E-state index contributed by atoms with van der Waals surface area (Å²) in [6.45, 7) is 5.59. The Morgan fingerprint density at radius 1 is 1.54 bits per heavy atom. The zero-order valence-electron chi connectivity index (χ0n) is 8.51. The van der Waals surface area contributed by atoms with E-state index in [1.54, 1.807) is 0 Å². The number of carbonyl (C=O) groups excluding carboxylic acids is 1. The van der Waals surface area contributed by atoms with Gasteiger partial charge in [0.15, 0.2) is 0 Å². The van der Waals surface area contributed by atoms with Crippen LogP contribution in [-0.2, 0) is 9.53 Å². The molecule has 0 radical (unpaired) electrons. The first-order chi connectivity index (χ1) is 6.22. The lowest BCUT2D eigenvalue weighted by Gasteiger charge is -2.26. The van der Waals surface area contributed by atoms with Gasteiger partial charge in [0.2, 0.25) is 0 Å². The van der Waals surface area contributed by atoms with Crippen molar-refractivity contribution in [1.29, 1.82) is 0 Å². The molecule has 1 rings (SSSR count). The first-order valence-electron chi connectivity index (χ1n) is 5.11. The predicted molar refractivity (Wildman–Crippen MR) is 51.4 cm³/mol. The highest BCUT2D eigenvalue weighted by molar-refractivity contribution is 5.70. The summed E-state index contributed by atoms with van der Waals surface area (Å²) in [6.07, 6.45) is 2.84. The van der Waals surface area contributed by atoms with Crippen LogP contribution in [0.1, 0.15) is 33.1 Å². The number of hydrogen-bond donors (Lipinski definition) is 1. The van der Waals surface area contributed by atoms with Gasteiger partial charge < -0.3 is 10.1 Å². The van der Waals surface area contributed by atoms with Gasteiger partial charge in [0.05, 0.1) is 13.0 Å². The minimum absolute atomic E-state index is 0.0745. The molecule has 0 saturated carbocycles. The molecule has 0 aromatic carbocycles. The maximum Gasteiger partial charge on any atom is 0.307 e. The molecule has 1 aliphatic heterocycles. The van der Waals surface area contributed by atoms with Crippen LogP contribution < -0.4 is 5.32 Å². The normalized spacial score (nSPS) is 28.5. The Labute approximate surface area is 79.8 Å². The zero-order chi connectivity index (χ0) is 9.68. The van der Waals surface area contributed by atoms with E-state index in [1.165, 1.54) is 6.42 Å². The topological polar surface area (TPSA) is 38.3 Å². The van der Waals surface area contributed by atoms with Gasteiger partial charge in [0.25, 0.3) is 0 Å². The van der Waals surface area contributed by atoms with Crippen molar-refractivity contribution in [3.05, 3.63) is 0 Å². The van der Waals surface area contributed by atoms with Gasteiger partial charge in [-0.1, -0.05) is 6.92 Å². The number of carbonyl (C=O) groups is 1. The van der Waals surface area contributed by atoms with Gasteiger partial charge in [-0.15, -0.1) is 0 Å². The molecular weight excluding hydrogens is 166 g/mol. The third-order valence-corrected chi connectivity index (χ3v) is 2.48. The van der Waals surface area contributed by atoms with E-state index in [9.17, 15) is 4.79 Å². The summed E-state index contributed by atoms with van der Waals surface area (Å²) in [5.41, 5.74) is 0. The molecule has 3 heteroatoms. The maximum absolute atomic E-state index is 11.1. The molecule has 3 nitrogen and oxygen atoms in total. The molecule has 0 aromatic heterocycles. The largest absolute Gasteiger partial charge is 0.466 e. The molecule has 1 fully saturated rings. The van der Waals surface area contributed by atoms with Crippen molar-refractivity contribution in [2.75, 3.05) is 13.2 Å². The molecule has 1 saturated heterocycles. The molecule has 0 spiro atoms. The van der Waals surface area contributed by atoms with Gasteiger partial charge in [0, 0.05) is 6.04 Å². The van der Waals surface area contributed by atoms with Gasteiger partial charge in [-0.3, -0.25) is 4.79 Å². The summed E-state index contributed by atoms with van der Waals surface area (Å²) in [5.74, 6) is 0.674. The summed E-state index contributed by atoms with van der Waals surface area (Å²) in [4.78, 5) is 11.1. The quantitative estimate of drug-likeness (QED) is 0.674. The minimum atomic E-state index is -0.0745. The summed E-state index contributed by atoms with van der Waals surface area (Å²) < 4.78 is 4.89. The van der Waals surface area contributed by atoms with Crippen LogP contribution in [0.3, 0.4) is 0 Å². The number of piperidine rings is 1. The molecule has 0 amide bonds. The first-order valence-corrected chi connectivity index (χ1v) is 5.11. The van der Waals surface area contributed by atoms with Crippen LogP contribution in [0.4, 0.5) is 0 Å². The molecule has 0 aromatic rings. The Bertz CT molecular complexity index is 162. The third kappa shape index (κ3) is 3.77. The number of hydrogen-bond acceptors (Lipinski definition) is 3. The van der Waals surface area contributed by atoms with Crippen LogP contribution in [0.2, 0.25) is 0 Å². The average Bonchev–Trinajstić information content (AvgIpc) is 2.09. The Kier molecular flexibility index (Phi) is 4.22. The lowest BCUT2D eigenvalue weighted by Crippen LogP contribution is -2.39. The van der Waals surface area contributed by atoms with Crippen LogP contribution in [0.5, 0.6) is 0 Å². The number of ether oxygens (including phenoxy) is 1.